The van der Waals surface area contributed by atoms with Crippen molar-refractivity contribution >= 4 is 17.1 Å². The number of nitriles is 1. The summed E-state index contributed by atoms with van der Waals surface area (Å²) < 4.78 is 18.2. The van der Waals surface area contributed by atoms with E-state index in [4.69, 9.17) is 0 Å². The van der Waals surface area contributed by atoms with E-state index in [1.807, 2.05) is 24.4 Å². The number of carbonyl (C=O) groups excluding carboxylic acids is 1. The molecule has 2 fully saturated rings. The average Bonchev–Trinajstić information content (AvgIpc) is 3.56. The molecule has 0 radical (unpaired) electrons. The van der Waals surface area contributed by atoms with Crippen molar-refractivity contribution in [3.63, 3.8) is 0 Å². The normalized spacial score (nSPS) is 19.8. The van der Waals surface area contributed by atoms with Crippen LogP contribution in [-0.2, 0) is 0 Å². The maximum atomic E-state index is 14.4. The Kier molecular flexibility index (Phi) is 7.41. The van der Waals surface area contributed by atoms with Gasteiger partial charge in [0.1, 0.15) is 12.2 Å². The first kappa shape index (κ1) is 27.8. The molecule has 1 atom stereocenters. The molecule has 11 heteroatoms. The van der Waals surface area contributed by atoms with Crippen LogP contribution in [-0.4, -0.2) is 59.8 Å². The predicted octanol–water partition coefficient (Wildman–Crippen LogP) is 4.78. The number of halogens is 1. The van der Waals surface area contributed by atoms with Crippen molar-refractivity contribution in [2.75, 3.05) is 11.9 Å². The van der Waals surface area contributed by atoms with Crippen LogP contribution < -0.4 is 10.6 Å². The lowest BCUT2D eigenvalue weighted by Gasteiger charge is -2.30. The summed E-state index contributed by atoms with van der Waals surface area (Å²) in [6, 6.07) is 10.1. The minimum absolute atomic E-state index is 0.146. The van der Waals surface area contributed by atoms with Gasteiger partial charge in [0.2, 0.25) is 0 Å². The molecule has 0 aliphatic heterocycles. The molecule has 3 N–H and O–H groups in total. The molecule has 6 rings (SSSR count). The van der Waals surface area contributed by atoms with Crippen LogP contribution in [0.25, 0.3) is 16.9 Å². The van der Waals surface area contributed by atoms with Gasteiger partial charge in [0.15, 0.2) is 0 Å². The average molecular weight is 571 g/mol. The maximum Gasteiger partial charge on any atom is 0.255 e. The summed E-state index contributed by atoms with van der Waals surface area (Å²) in [7, 11) is 0. The van der Waals surface area contributed by atoms with Gasteiger partial charge in [0.25, 0.3) is 5.91 Å². The predicted molar refractivity (Wildman–Crippen MR) is 156 cm³/mol. The Bertz CT molecular complexity index is 1640. The summed E-state index contributed by atoms with van der Waals surface area (Å²) in [4.78, 5) is 17.8. The van der Waals surface area contributed by atoms with Crippen molar-refractivity contribution in [2.24, 2.45) is 0 Å². The van der Waals surface area contributed by atoms with Crippen LogP contribution in [0.1, 0.15) is 85.8 Å². The Morgan fingerprint density at radius 3 is 2.64 bits per heavy atom. The zero-order chi connectivity index (χ0) is 29.4. The second-order valence-electron chi connectivity index (χ2n) is 12.0. The van der Waals surface area contributed by atoms with E-state index in [9.17, 15) is 19.6 Å². The van der Waals surface area contributed by atoms with Crippen LogP contribution in [0.3, 0.4) is 0 Å². The van der Waals surface area contributed by atoms with E-state index in [2.05, 4.69) is 42.8 Å². The number of anilines is 1. The number of pyridine rings is 1. The third-order valence-corrected chi connectivity index (χ3v) is 8.35. The van der Waals surface area contributed by atoms with Crippen LogP contribution >= 0.6 is 0 Å². The zero-order valence-corrected chi connectivity index (χ0v) is 23.8. The van der Waals surface area contributed by atoms with Crippen LogP contribution in [0.2, 0.25) is 0 Å². The van der Waals surface area contributed by atoms with E-state index in [1.165, 1.54) is 44.6 Å². The zero-order valence-electron chi connectivity index (χ0n) is 23.8. The molecule has 42 heavy (non-hydrogen) atoms. The quantitative estimate of drug-likeness (QED) is 0.264. The van der Waals surface area contributed by atoms with Crippen molar-refractivity contribution in [1.82, 2.24) is 29.7 Å². The molecule has 0 aromatic carbocycles. The summed E-state index contributed by atoms with van der Waals surface area (Å²) in [5, 5.41) is 34.3. The Morgan fingerprint density at radius 2 is 1.93 bits per heavy atom. The molecule has 0 unspecified atom stereocenters. The second-order valence-corrected chi connectivity index (χ2v) is 12.0. The van der Waals surface area contributed by atoms with Crippen LogP contribution in [0.5, 0.6) is 0 Å². The van der Waals surface area contributed by atoms with Crippen LogP contribution in [0.4, 0.5) is 10.1 Å². The fourth-order valence-corrected chi connectivity index (χ4v) is 5.57. The highest BCUT2D eigenvalue weighted by atomic mass is 19.1. The molecule has 10 nitrogen and oxygen atoms in total. The number of fused-ring (bicyclic) bond motifs is 1. The number of nitrogens with zero attached hydrogens (tertiary/aromatic N) is 6. The molecule has 2 aliphatic rings. The molecule has 1 amide bonds. The van der Waals surface area contributed by atoms with Gasteiger partial charge in [-0.25, -0.2) is 8.91 Å². The smallest absolute Gasteiger partial charge is 0.255 e. The van der Waals surface area contributed by atoms with E-state index in [-0.39, 0.29) is 12.6 Å². The van der Waals surface area contributed by atoms with Crippen molar-refractivity contribution in [2.45, 2.75) is 82.1 Å². The summed E-state index contributed by atoms with van der Waals surface area (Å²) in [5.74, 6) is -0.00691. The number of rotatable bonds is 9. The number of carbonyl (C=O) groups is 1. The van der Waals surface area contributed by atoms with E-state index < -0.39 is 17.7 Å². The van der Waals surface area contributed by atoms with Crippen molar-refractivity contribution in [3.05, 3.63) is 65.7 Å². The summed E-state index contributed by atoms with van der Waals surface area (Å²) in [6.07, 6.45) is 11.9. The van der Waals surface area contributed by atoms with E-state index in [1.54, 1.807) is 10.6 Å². The number of hydrogen-bond donors (Lipinski definition) is 3. The van der Waals surface area contributed by atoms with Gasteiger partial charge in [-0.2, -0.15) is 15.5 Å². The van der Waals surface area contributed by atoms with Crippen LogP contribution in [0.15, 0.2) is 49.1 Å². The highest BCUT2D eigenvalue weighted by molar-refractivity contribution is 6.00. The molecule has 218 valence electrons. The number of amides is 1. The minimum atomic E-state index is -1.62. The first-order valence-corrected chi connectivity index (χ1v) is 14.5. The molecule has 2 aliphatic carbocycles. The van der Waals surface area contributed by atoms with Crippen LogP contribution in [0, 0.1) is 11.3 Å². The van der Waals surface area contributed by atoms with Gasteiger partial charge in [-0.15, -0.1) is 0 Å². The van der Waals surface area contributed by atoms with E-state index in [0.29, 0.717) is 40.2 Å². The molecule has 2 saturated carbocycles. The Hall–Kier alpha value is -4.30. The fraction of sp³-hybridized carbons (Fsp3) is 0.452. The monoisotopic (exact) mass is 570 g/mol. The molecular formula is C31H35FN8O2. The van der Waals surface area contributed by atoms with Gasteiger partial charge in [-0.1, -0.05) is 0 Å². The van der Waals surface area contributed by atoms with Crippen molar-refractivity contribution in [3.8, 4) is 17.5 Å². The topological polar surface area (TPSA) is 133 Å². The van der Waals surface area contributed by atoms with E-state index >= 15 is 0 Å². The first-order valence-electron chi connectivity index (χ1n) is 14.5. The molecule has 4 aromatic heterocycles. The molecular weight excluding hydrogens is 535 g/mol. The Morgan fingerprint density at radius 1 is 1.14 bits per heavy atom. The molecule has 0 spiro atoms. The number of nitrogens with one attached hydrogen (secondary N) is 2. The summed E-state index contributed by atoms with van der Waals surface area (Å²) in [6.45, 7) is 2.42. The van der Waals surface area contributed by atoms with Gasteiger partial charge in [0.05, 0.1) is 64.3 Å². The number of aromatic nitrogens is 5. The number of hydrogen-bond acceptors (Lipinski definition) is 7. The van der Waals surface area contributed by atoms with Gasteiger partial charge in [0, 0.05) is 18.4 Å². The highest BCUT2D eigenvalue weighted by Crippen LogP contribution is 2.38. The lowest BCUT2D eigenvalue weighted by Crippen LogP contribution is -2.42. The lowest BCUT2D eigenvalue weighted by atomic mass is 9.83. The fourth-order valence-electron chi connectivity index (χ4n) is 5.57. The standard InChI is InChI=1S/C31H35FN8O2/c1-31(2,42)29(32)17-35-30(41)25-16-34-27(28-10-9-24-11-19(13-33)14-37-40(24)28)12-26(25)38-22-5-3-20(4-6-22)21-15-36-39(18-21)23-7-8-23/h9-12,14-16,18,20,22-23,29,42H,3-8,17H2,1-2H3,(H,34,38)(H,35,41)/t20?,22?,29-/m1/s1. The van der Waals surface area contributed by atoms with Crippen molar-refractivity contribution < 1.29 is 14.3 Å². The summed E-state index contributed by atoms with van der Waals surface area (Å²) in [5.41, 5.74) is 3.16. The third-order valence-electron chi connectivity index (χ3n) is 8.35. The summed E-state index contributed by atoms with van der Waals surface area (Å²) >= 11 is 0. The molecule has 4 aromatic rings. The number of alkyl halides is 1. The van der Waals surface area contributed by atoms with Crippen molar-refractivity contribution in [1.29, 1.82) is 5.26 Å². The van der Waals surface area contributed by atoms with Gasteiger partial charge < -0.3 is 15.7 Å². The Balaban J connectivity index is 1.23. The van der Waals surface area contributed by atoms with Gasteiger partial charge in [-0.05, 0) is 88.1 Å². The third kappa shape index (κ3) is 5.85. The Labute approximate surface area is 243 Å². The molecule has 4 heterocycles. The second kappa shape index (κ2) is 11.2. The SMILES string of the molecule is CC(C)(O)[C@H](F)CNC(=O)c1cnc(-c2ccc3cc(C#N)cnn23)cc1NC1CCC(c2cnn(C3CC3)c2)CC1. The first-order chi connectivity index (χ1) is 20.2. The number of aliphatic hydroxyl groups is 1. The van der Waals surface area contributed by atoms with E-state index in [0.717, 1.165) is 31.2 Å². The molecule has 0 bridgehead atoms. The minimum Gasteiger partial charge on any atom is -0.387 e. The largest absolute Gasteiger partial charge is 0.387 e. The van der Waals surface area contributed by atoms with Gasteiger partial charge >= 0.3 is 0 Å². The highest BCUT2D eigenvalue weighted by Gasteiger charge is 2.29. The molecule has 0 saturated heterocycles. The lowest BCUT2D eigenvalue weighted by molar-refractivity contribution is -0.00177. The van der Waals surface area contributed by atoms with Gasteiger partial charge in [-0.3, -0.25) is 14.5 Å². The maximum absolute atomic E-state index is 14.4.